The molecule has 6 nitrogen and oxygen atoms in total. The standard InChI is InChI=1S/C17H13F3N4O2/c18-17(19,20)10-15-16(13-4-2-1-3-5-13)21-22-23(15)11-12-6-8-14(9-7-12)24(25)26/h1-9H,10-11H2. The molecule has 134 valence electrons. The number of benzene rings is 2. The molecule has 1 aromatic heterocycles. The van der Waals surface area contributed by atoms with Crippen molar-refractivity contribution in [1.82, 2.24) is 15.0 Å². The zero-order valence-corrected chi connectivity index (χ0v) is 13.3. The van der Waals surface area contributed by atoms with Gasteiger partial charge in [-0.1, -0.05) is 47.7 Å². The summed E-state index contributed by atoms with van der Waals surface area (Å²) in [6, 6.07) is 14.1. The highest BCUT2D eigenvalue weighted by molar-refractivity contribution is 5.61. The molecule has 0 bridgehead atoms. The third kappa shape index (κ3) is 4.05. The molecule has 3 rings (SSSR count). The number of alkyl halides is 3. The molecule has 0 amide bonds. The van der Waals surface area contributed by atoms with E-state index in [0.29, 0.717) is 11.1 Å². The Bertz CT molecular complexity index is 906. The van der Waals surface area contributed by atoms with Crippen LogP contribution in [0.4, 0.5) is 18.9 Å². The Labute approximate surface area is 146 Å². The van der Waals surface area contributed by atoms with E-state index in [0.717, 1.165) is 0 Å². The highest BCUT2D eigenvalue weighted by Crippen LogP contribution is 2.28. The molecule has 0 unspecified atom stereocenters. The van der Waals surface area contributed by atoms with E-state index in [4.69, 9.17) is 0 Å². The number of halogens is 3. The van der Waals surface area contributed by atoms with E-state index in [-0.39, 0.29) is 23.6 Å². The van der Waals surface area contributed by atoms with Crippen molar-refractivity contribution >= 4 is 5.69 Å². The number of aromatic nitrogens is 3. The van der Waals surface area contributed by atoms with Crippen LogP contribution in [0.3, 0.4) is 0 Å². The van der Waals surface area contributed by atoms with Gasteiger partial charge in [0, 0.05) is 17.7 Å². The van der Waals surface area contributed by atoms with E-state index in [9.17, 15) is 23.3 Å². The molecule has 0 aliphatic carbocycles. The fraction of sp³-hybridized carbons (Fsp3) is 0.176. The van der Waals surface area contributed by atoms with Gasteiger partial charge in [-0.2, -0.15) is 13.2 Å². The molecule has 0 N–H and O–H groups in total. The zero-order valence-electron chi connectivity index (χ0n) is 13.3. The summed E-state index contributed by atoms with van der Waals surface area (Å²) in [6.45, 7) is 0.0310. The molecule has 0 spiro atoms. The third-order valence-electron chi connectivity index (χ3n) is 3.73. The van der Waals surface area contributed by atoms with Gasteiger partial charge in [0.1, 0.15) is 5.69 Å². The van der Waals surface area contributed by atoms with Gasteiger partial charge in [0.05, 0.1) is 23.6 Å². The summed E-state index contributed by atoms with van der Waals surface area (Å²) in [4.78, 5) is 10.2. The van der Waals surface area contributed by atoms with Crippen LogP contribution in [0.1, 0.15) is 11.3 Å². The lowest BCUT2D eigenvalue weighted by molar-refractivity contribution is -0.384. The van der Waals surface area contributed by atoms with Crippen LogP contribution in [0.15, 0.2) is 54.6 Å². The average molecular weight is 362 g/mol. The second-order valence-corrected chi connectivity index (χ2v) is 5.62. The molecule has 2 aromatic carbocycles. The van der Waals surface area contributed by atoms with E-state index in [2.05, 4.69) is 10.3 Å². The van der Waals surface area contributed by atoms with Crippen LogP contribution in [-0.2, 0) is 13.0 Å². The van der Waals surface area contributed by atoms with Gasteiger partial charge >= 0.3 is 6.18 Å². The normalized spacial score (nSPS) is 11.5. The van der Waals surface area contributed by atoms with Crippen LogP contribution >= 0.6 is 0 Å². The number of nitro groups is 1. The summed E-state index contributed by atoms with van der Waals surface area (Å²) in [5.74, 6) is 0. The van der Waals surface area contributed by atoms with Gasteiger partial charge in [0.25, 0.3) is 5.69 Å². The molecular formula is C17H13F3N4O2. The number of hydrogen-bond donors (Lipinski definition) is 0. The second-order valence-electron chi connectivity index (χ2n) is 5.62. The lowest BCUT2D eigenvalue weighted by Gasteiger charge is -2.11. The van der Waals surface area contributed by atoms with Crippen LogP contribution in [0.5, 0.6) is 0 Å². The molecule has 0 saturated carbocycles. The van der Waals surface area contributed by atoms with Gasteiger partial charge in [-0.25, -0.2) is 4.68 Å². The Morgan fingerprint density at radius 1 is 1.04 bits per heavy atom. The number of nitro benzene ring substituents is 1. The predicted octanol–water partition coefficient (Wildman–Crippen LogP) is 4.01. The Hall–Kier alpha value is -3.23. The Balaban J connectivity index is 1.96. The summed E-state index contributed by atoms with van der Waals surface area (Å²) in [6.07, 6.45) is -5.59. The number of hydrogen-bond acceptors (Lipinski definition) is 4. The third-order valence-corrected chi connectivity index (χ3v) is 3.73. The Kier molecular flexibility index (Phi) is 4.70. The van der Waals surface area contributed by atoms with Crippen molar-refractivity contribution in [3.8, 4) is 11.3 Å². The molecule has 0 aliphatic rings. The number of non-ortho nitro benzene ring substituents is 1. The van der Waals surface area contributed by atoms with Crippen molar-refractivity contribution in [2.24, 2.45) is 0 Å². The molecule has 0 saturated heterocycles. The second kappa shape index (κ2) is 6.95. The topological polar surface area (TPSA) is 73.8 Å². The lowest BCUT2D eigenvalue weighted by Crippen LogP contribution is -2.17. The summed E-state index contributed by atoms with van der Waals surface area (Å²) in [5.41, 5.74) is 1.16. The average Bonchev–Trinajstić information content (AvgIpc) is 2.97. The first-order chi connectivity index (χ1) is 12.3. The van der Waals surface area contributed by atoms with E-state index in [1.807, 2.05) is 0 Å². The highest BCUT2D eigenvalue weighted by Gasteiger charge is 2.32. The Morgan fingerprint density at radius 2 is 1.69 bits per heavy atom. The SMILES string of the molecule is O=[N+]([O-])c1ccc(Cn2nnc(-c3ccccc3)c2CC(F)(F)F)cc1. The van der Waals surface area contributed by atoms with E-state index in [1.54, 1.807) is 30.3 Å². The maximum absolute atomic E-state index is 13.0. The minimum absolute atomic E-state index is 0.0310. The fourth-order valence-electron chi connectivity index (χ4n) is 2.54. The molecule has 0 fully saturated rings. The summed E-state index contributed by atoms with van der Waals surface area (Å²) >= 11 is 0. The molecule has 3 aromatic rings. The monoisotopic (exact) mass is 362 g/mol. The number of nitrogens with zero attached hydrogens (tertiary/aromatic N) is 4. The van der Waals surface area contributed by atoms with E-state index in [1.165, 1.54) is 28.9 Å². The molecule has 0 radical (unpaired) electrons. The maximum Gasteiger partial charge on any atom is 0.394 e. The Morgan fingerprint density at radius 3 is 2.27 bits per heavy atom. The van der Waals surface area contributed by atoms with Gasteiger partial charge in [-0.15, -0.1) is 5.10 Å². The quantitative estimate of drug-likeness (QED) is 0.508. The van der Waals surface area contributed by atoms with Gasteiger partial charge < -0.3 is 0 Å². The lowest BCUT2D eigenvalue weighted by atomic mass is 10.1. The smallest absolute Gasteiger partial charge is 0.258 e. The molecule has 9 heteroatoms. The molecule has 1 heterocycles. The minimum atomic E-state index is -4.42. The maximum atomic E-state index is 13.0. The van der Waals surface area contributed by atoms with Crippen molar-refractivity contribution in [3.05, 3.63) is 76.0 Å². The fourth-order valence-corrected chi connectivity index (χ4v) is 2.54. The van der Waals surface area contributed by atoms with Crippen LogP contribution in [-0.4, -0.2) is 26.1 Å². The molecular weight excluding hydrogens is 349 g/mol. The van der Waals surface area contributed by atoms with Crippen LogP contribution in [0, 0.1) is 10.1 Å². The van der Waals surface area contributed by atoms with Gasteiger partial charge in [-0.05, 0) is 5.56 Å². The molecule has 26 heavy (non-hydrogen) atoms. The first-order valence-corrected chi connectivity index (χ1v) is 7.61. The van der Waals surface area contributed by atoms with Crippen LogP contribution in [0.2, 0.25) is 0 Å². The van der Waals surface area contributed by atoms with Crippen molar-refractivity contribution in [2.45, 2.75) is 19.1 Å². The minimum Gasteiger partial charge on any atom is -0.258 e. The zero-order chi connectivity index (χ0) is 18.7. The van der Waals surface area contributed by atoms with E-state index < -0.39 is 17.5 Å². The largest absolute Gasteiger partial charge is 0.394 e. The summed E-state index contributed by atoms with van der Waals surface area (Å²) in [5, 5.41) is 18.5. The first kappa shape index (κ1) is 17.6. The highest BCUT2D eigenvalue weighted by atomic mass is 19.4. The van der Waals surface area contributed by atoms with Crippen molar-refractivity contribution < 1.29 is 18.1 Å². The predicted molar refractivity (Wildman–Crippen MR) is 87.4 cm³/mol. The van der Waals surface area contributed by atoms with Gasteiger partial charge in [0.15, 0.2) is 0 Å². The van der Waals surface area contributed by atoms with Crippen molar-refractivity contribution in [1.29, 1.82) is 0 Å². The van der Waals surface area contributed by atoms with Crippen molar-refractivity contribution in [3.63, 3.8) is 0 Å². The summed E-state index contributed by atoms with van der Waals surface area (Å²) < 4.78 is 40.3. The van der Waals surface area contributed by atoms with Crippen LogP contribution < -0.4 is 0 Å². The molecule has 0 atom stereocenters. The van der Waals surface area contributed by atoms with Gasteiger partial charge in [0.2, 0.25) is 0 Å². The molecule has 0 aliphatic heterocycles. The number of rotatable bonds is 5. The van der Waals surface area contributed by atoms with Crippen LogP contribution in [0.25, 0.3) is 11.3 Å². The van der Waals surface area contributed by atoms with E-state index >= 15 is 0 Å². The summed E-state index contributed by atoms with van der Waals surface area (Å²) in [7, 11) is 0. The van der Waals surface area contributed by atoms with Gasteiger partial charge in [-0.3, -0.25) is 10.1 Å². The first-order valence-electron chi connectivity index (χ1n) is 7.61. The van der Waals surface area contributed by atoms with Crippen molar-refractivity contribution in [2.75, 3.05) is 0 Å².